The molecule has 0 saturated carbocycles. The lowest BCUT2D eigenvalue weighted by molar-refractivity contribution is 0.660. The number of hydrogen-bond acceptors (Lipinski definition) is 3. The normalized spacial score (nSPS) is 13.3. The minimum Gasteiger partial charge on any atom is -0.456 e. The lowest BCUT2D eigenvalue weighted by atomic mass is 9.82. The Morgan fingerprint density at radius 1 is 0.442 bits per heavy atom. The number of benzene rings is 8. The molecule has 0 atom stereocenters. The first kappa shape index (κ1) is 29.6. The molecule has 2 aromatic heterocycles. The second-order valence-electron chi connectivity index (χ2n) is 14.6. The van der Waals surface area contributed by atoms with Gasteiger partial charge in [0.05, 0.1) is 0 Å². The van der Waals surface area contributed by atoms with Crippen molar-refractivity contribution in [2.75, 3.05) is 4.90 Å². The van der Waals surface area contributed by atoms with E-state index in [0.29, 0.717) is 0 Å². The summed E-state index contributed by atoms with van der Waals surface area (Å²) >= 11 is 1.86. The van der Waals surface area contributed by atoms with Gasteiger partial charge in [-0.2, -0.15) is 0 Å². The summed E-state index contributed by atoms with van der Waals surface area (Å²) in [5, 5.41) is 7.31. The molecule has 1 aliphatic rings. The van der Waals surface area contributed by atoms with Crippen LogP contribution in [0.4, 0.5) is 17.1 Å². The highest BCUT2D eigenvalue weighted by Gasteiger charge is 2.35. The Kier molecular flexibility index (Phi) is 6.21. The number of fused-ring (bicyclic) bond motifs is 10. The van der Waals surface area contributed by atoms with Crippen molar-refractivity contribution < 1.29 is 4.42 Å². The molecular weight excluding hydrogens is 651 g/mol. The van der Waals surface area contributed by atoms with Crippen LogP contribution in [-0.2, 0) is 5.41 Å². The van der Waals surface area contributed by atoms with E-state index in [1.807, 2.05) is 11.3 Å². The molecule has 3 heteroatoms. The molecule has 52 heavy (non-hydrogen) atoms. The Morgan fingerprint density at radius 3 is 1.98 bits per heavy atom. The zero-order chi connectivity index (χ0) is 34.6. The molecule has 11 rings (SSSR count). The summed E-state index contributed by atoms with van der Waals surface area (Å²) in [6.45, 7) is 4.70. The van der Waals surface area contributed by atoms with Crippen LogP contribution in [-0.4, -0.2) is 0 Å². The fourth-order valence-electron chi connectivity index (χ4n) is 8.58. The van der Waals surface area contributed by atoms with E-state index < -0.39 is 0 Å². The van der Waals surface area contributed by atoms with E-state index >= 15 is 0 Å². The molecule has 246 valence electrons. The number of anilines is 3. The summed E-state index contributed by atoms with van der Waals surface area (Å²) in [5.74, 6) is 0. The van der Waals surface area contributed by atoms with E-state index in [-0.39, 0.29) is 5.41 Å². The Hall–Kier alpha value is -6.16. The molecule has 0 N–H and O–H groups in total. The molecule has 2 nitrogen and oxygen atoms in total. The molecule has 0 unspecified atom stereocenters. The van der Waals surface area contributed by atoms with Gasteiger partial charge in [-0.1, -0.05) is 105 Å². The zero-order valence-corrected chi connectivity index (χ0v) is 29.7. The Morgan fingerprint density at radius 2 is 1.10 bits per heavy atom. The third-order valence-corrected chi connectivity index (χ3v) is 12.4. The summed E-state index contributed by atoms with van der Waals surface area (Å²) < 4.78 is 9.05. The van der Waals surface area contributed by atoms with Gasteiger partial charge in [-0.25, -0.2) is 0 Å². The van der Waals surface area contributed by atoms with Crippen molar-refractivity contribution >= 4 is 81.3 Å². The molecule has 0 amide bonds. The van der Waals surface area contributed by atoms with Gasteiger partial charge in [-0.3, -0.25) is 0 Å². The van der Waals surface area contributed by atoms with Gasteiger partial charge in [0.15, 0.2) is 0 Å². The predicted octanol–water partition coefficient (Wildman–Crippen LogP) is 14.6. The van der Waals surface area contributed by atoms with Gasteiger partial charge >= 0.3 is 0 Å². The Labute approximate surface area is 305 Å². The van der Waals surface area contributed by atoms with Crippen LogP contribution in [0.5, 0.6) is 0 Å². The van der Waals surface area contributed by atoms with Crippen molar-refractivity contribution in [3.05, 3.63) is 175 Å². The summed E-state index contributed by atoms with van der Waals surface area (Å²) in [6, 6.07) is 60.0. The highest BCUT2D eigenvalue weighted by Crippen LogP contribution is 2.51. The monoisotopic (exact) mass is 683 g/mol. The van der Waals surface area contributed by atoms with Crippen molar-refractivity contribution in [3.63, 3.8) is 0 Å². The fraction of sp³-hybridized carbons (Fsp3) is 0.0612. The number of rotatable bonds is 4. The standard InChI is InChI=1S/C49H33NOS/c1-49(2)43-13-7-5-11-37(43)38-23-20-36(29-44(38)49)50(35-21-24-48-42(28-35)40-12-6-8-14-47(40)52-48)34-18-15-30(16-19-34)33-17-22-39-41-25-31-9-3-4-10-32(31)26-46(41)51-45(39)27-33/h3-29H,1-2H3. The summed E-state index contributed by atoms with van der Waals surface area (Å²) in [7, 11) is 0. The summed E-state index contributed by atoms with van der Waals surface area (Å²) in [5.41, 5.74) is 12.9. The molecule has 8 aromatic carbocycles. The number of furan rings is 1. The maximum absolute atomic E-state index is 6.43. The first-order valence-electron chi connectivity index (χ1n) is 17.9. The molecule has 0 bridgehead atoms. The predicted molar refractivity (Wildman–Crippen MR) is 222 cm³/mol. The van der Waals surface area contributed by atoms with Crippen LogP contribution < -0.4 is 4.90 Å². The third-order valence-electron chi connectivity index (χ3n) is 11.2. The van der Waals surface area contributed by atoms with Crippen molar-refractivity contribution in [3.8, 4) is 22.3 Å². The van der Waals surface area contributed by atoms with Crippen molar-refractivity contribution in [1.82, 2.24) is 0 Å². The molecule has 0 spiro atoms. The lowest BCUT2D eigenvalue weighted by Crippen LogP contribution is -2.16. The smallest absolute Gasteiger partial charge is 0.136 e. The lowest BCUT2D eigenvalue weighted by Gasteiger charge is -2.28. The number of thiophene rings is 1. The average molecular weight is 684 g/mol. The molecule has 0 saturated heterocycles. The zero-order valence-electron chi connectivity index (χ0n) is 28.9. The number of hydrogen-bond donors (Lipinski definition) is 0. The first-order valence-corrected chi connectivity index (χ1v) is 18.7. The quantitative estimate of drug-likeness (QED) is 0.184. The second kappa shape index (κ2) is 10.9. The van der Waals surface area contributed by atoms with Gasteiger partial charge in [0.1, 0.15) is 11.2 Å². The van der Waals surface area contributed by atoms with E-state index in [4.69, 9.17) is 4.42 Å². The molecule has 1 aliphatic carbocycles. The van der Waals surface area contributed by atoms with Crippen molar-refractivity contribution in [1.29, 1.82) is 0 Å². The topological polar surface area (TPSA) is 16.4 Å². The second-order valence-corrected chi connectivity index (χ2v) is 15.7. The van der Waals surface area contributed by atoms with E-state index in [0.717, 1.165) is 50.1 Å². The maximum Gasteiger partial charge on any atom is 0.136 e. The maximum atomic E-state index is 6.43. The van der Waals surface area contributed by atoms with Gasteiger partial charge in [0, 0.05) is 53.4 Å². The van der Waals surface area contributed by atoms with Crippen LogP contribution in [0.1, 0.15) is 25.0 Å². The van der Waals surface area contributed by atoms with E-state index in [1.165, 1.54) is 53.2 Å². The average Bonchev–Trinajstić information content (AvgIpc) is 3.81. The van der Waals surface area contributed by atoms with Gasteiger partial charge in [0.2, 0.25) is 0 Å². The summed E-state index contributed by atoms with van der Waals surface area (Å²) in [4.78, 5) is 2.42. The molecule has 0 aliphatic heterocycles. The SMILES string of the molecule is CC1(C)c2ccccc2-c2ccc(N(c3ccc(-c4ccc5c(c4)oc4cc6ccccc6cc45)cc3)c3ccc4sc5ccccc5c4c3)cc21. The Bertz CT molecular complexity index is 3050. The molecule has 0 radical (unpaired) electrons. The minimum atomic E-state index is -0.0903. The molecule has 10 aromatic rings. The van der Waals surface area contributed by atoms with Crippen LogP contribution >= 0.6 is 11.3 Å². The molecular formula is C49H33NOS. The molecule has 2 heterocycles. The fourth-order valence-corrected chi connectivity index (χ4v) is 9.66. The van der Waals surface area contributed by atoms with Crippen LogP contribution in [0, 0.1) is 0 Å². The van der Waals surface area contributed by atoms with E-state index in [9.17, 15) is 0 Å². The van der Waals surface area contributed by atoms with Gasteiger partial charge in [-0.15, -0.1) is 11.3 Å². The van der Waals surface area contributed by atoms with Gasteiger partial charge < -0.3 is 9.32 Å². The van der Waals surface area contributed by atoms with Gasteiger partial charge in [0.25, 0.3) is 0 Å². The Balaban J connectivity index is 1.04. The van der Waals surface area contributed by atoms with E-state index in [2.05, 4.69) is 183 Å². The van der Waals surface area contributed by atoms with Crippen LogP contribution in [0.2, 0.25) is 0 Å². The third kappa shape index (κ3) is 4.36. The van der Waals surface area contributed by atoms with Crippen molar-refractivity contribution in [2.24, 2.45) is 0 Å². The van der Waals surface area contributed by atoms with Crippen LogP contribution in [0.25, 0.3) is 75.1 Å². The first-order chi connectivity index (χ1) is 25.5. The number of nitrogens with zero attached hydrogens (tertiary/aromatic N) is 1. The summed E-state index contributed by atoms with van der Waals surface area (Å²) in [6.07, 6.45) is 0. The van der Waals surface area contributed by atoms with Gasteiger partial charge in [-0.05, 0) is 117 Å². The minimum absolute atomic E-state index is 0.0903. The van der Waals surface area contributed by atoms with Crippen LogP contribution in [0.3, 0.4) is 0 Å². The largest absolute Gasteiger partial charge is 0.456 e. The molecule has 0 fully saturated rings. The van der Waals surface area contributed by atoms with Crippen molar-refractivity contribution in [2.45, 2.75) is 19.3 Å². The highest BCUT2D eigenvalue weighted by molar-refractivity contribution is 7.25. The highest BCUT2D eigenvalue weighted by atomic mass is 32.1. The van der Waals surface area contributed by atoms with E-state index in [1.54, 1.807) is 0 Å². The van der Waals surface area contributed by atoms with Crippen LogP contribution in [0.15, 0.2) is 168 Å².